The first-order chi connectivity index (χ1) is 8.72. The van der Waals surface area contributed by atoms with Gasteiger partial charge in [-0.05, 0) is 19.3 Å². The molecule has 3 heteroatoms. The van der Waals surface area contributed by atoms with Gasteiger partial charge >= 0.3 is 0 Å². The van der Waals surface area contributed by atoms with Gasteiger partial charge in [0.15, 0.2) is 0 Å². The van der Waals surface area contributed by atoms with Gasteiger partial charge in [-0.3, -0.25) is 0 Å². The molecule has 1 aliphatic rings. The van der Waals surface area contributed by atoms with Crippen molar-refractivity contribution in [2.45, 2.75) is 70.8 Å². The second-order valence-electron chi connectivity index (χ2n) is 5.65. The summed E-state index contributed by atoms with van der Waals surface area (Å²) in [4.78, 5) is 4.80. The van der Waals surface area contributed by atoms with Gasteiger partial charge in [-0.2, -0.15) is 0 Å². The van der Waals surface area contributed by atoms with Crippen molar-refractivity contribution in [3.8, 4) is 0 Å². The molecule has 2 rings (SSSR count). The Balaban J connectivity index is 1.89. The normalized spacial score (nSPS) is 18.9. The van der Waals surface area contributed by atoms with Crippen molar-refractivity contribution < 1.29 is 0 Å². The summed E-state index contributed by atoms with van der Waals surface area (Å²) in [6, 6.07) is 0.324. The van der Waals surface area contributed by atoms with E-state index in [1.54, 1.807) is 0 Å². The molecular weight excluding hydrogens is 222 g/mol. The topological polar surface area (TPSA) is 43.8 Å². The van der Waals surface area contributed by atoms with Gasteiger partial charge in [-0.25, -0.2) is 4.98 Å². The molecular formula is C15H27N3. The van der Waals surface area contributed by atoms with Crippen LogP contribution < -0.4 is 5.73 Å². The molecule has 0 bridgehead atoms. The average molecular weight is 249 g/mol. The van der Waals surface area contributed by atoms with Crippen molar-refractivity contribution in [3.63, 3.8) is 0 Å². The Morgan fingerprint density at radius 3 is 2.83 bits per heavy atom. The molecule has 1 atom stereocenters. The van der Waals surface area contributed by atoms with Crippen LogP contribution in [-0.2, 0) is 26.3 Å². The lowest BCUT2D eigenvalue weighted by atomic mass is 9.97. The molecule has 1 unspecified atom stereocenters. The molecule has 1 heterocycles. The van der Waals surface area contributed by atoms with Crippen LogP contribution in [0.15, 0.2) is 0 Å². The molecule has 0 aliphatic heterocycles. The van der Waals surface area contributed by atoms with E-state index in [0.717, 1.165) is 25.7 Å². The summed E-state index contributed by atoms with van der Waals surface area (Å²) in [6.45, 7) is 2.26. The maximum absolute atomic E-state index is 6.01. The first kappa shape index (κ1) is 13.6. The van der Waals surface area contributed by atoms with E-state index in [1.807, 2.05) is 0 Å². The lowest BCUT2D eigenvalue weighted by Crippen LogP contribution is -2.28. The van der Waals surface area contributed by atoms with Crippen LogP contribution in [-0.4, -0.2) is 15.6 Å². The van der Waals surface area contributed by atoms with Gasteiger partial charge in [0.1, 0.15) is 5.82 Å². The van der Waals surface area contributed by atoms with Crippen LogP contribution >= 0.6 is 0 Å². The van der Waals surface area contributed by atoms with Gasteiger partial charge in [0.25, 0.3) is 0 Å². The van der Waals surface area contributed by atoms with E-state index in [-0.39, 0.29) is 0 Å². The van der Waals surface area contributed by atoms with E-state index >= 15 is 0 Å². The Kier molecular flexibility index (Phi) is 4.81. The number of nitrogens with zero attached hydrogens (tertiary/aromatic N) is 2. The lowest BCUT2D eigenvalue weighted by molar-refractivity contribution is 0.552. The summed E-state index contributed by atoms with van der Waals surface area (Å²) in [6.07, 6.45) is 11.0. The highest BCUT2D eigenvalue weighted by Crippen LogP contribution is 2.21. The second-order valence-corrected chi connectivity index (χ2v) is 5.65. The summed E-state index contributed by atoms with van der Waals surface area (Å²) in [5.41, 5.74) is 8.71. The third kappa shape index (κ3) is 3.14. The molecule has 1 aliphatic carbocycles. The van der Waals surface area contributed by atoms with Crippen LogP contribution in [0, 0.1) is 0 Å². The Bertz CT molecular complexity index is 381. The van der Waals surface area contributed by atoms with Gasteiger partial charge in [0.2, 0.25) is 0 Å². The maximum atomic E-state index is 6.01. The zero-order valence-electron chi connectivity index (χ0n) is 11.9. The number of rotatable bonds is 6. The van der Waals surface area contributed by atoms with E-state index in [1.165, 1.54) is 49.3 Å². The Labute approximate surface area is 111 Å². The van der Waals surface area contributed by atoms with Crippen molar-refractivity contribution in [1.29, 1.82) is 0 Å². The molecule has 1 aromatic heterocycles. The van der Waals surface area contributed by atoms with Gasteiger partial charge < -0.3 is 10.3 Å². The summed E-state index contributed by atoms with van der Waals surface area (Å²) < 4.78 is 2.32. The third-order valence-corrected chi connectivity index (χ3v) is 4.10. The predicted molar refractivity (Wildman–Crippen MR) is 75.7 cm³/mol. The maximum Gasteiger partial charge on any atom is 0.108 e. The molecule has 102 valence electrons. The van der Waals surface area contributed by atoms with Crippen molar-refractivity contribution in [1.82, 2.24) is 9.55 Å². The first-order valence-corrected chi connectivity index (χ1v) is 7.51. The number of fused-ring (bicyclic) bond motifs is 1. The minimum absolute atomic E-state index is 0.324. The molecule has 0 fully saturated rings. The zero-order chi connectivity index (χ0) is 13.0. The smallest absolute Gasteiger partial charge is 0.108 e. The van der Waals surface area contributed by atoms with Crippen molar-refractivity contribution in [3.05, 3.63) is 17.2 Å². The van der Waals surface area contributed by atoms with E-state index in [4.69, 9.17) is 10.7 Å². The minimum atomic E-state index is 0.324. The number of nitrogens with two attached hydrogens (primary N) is 1. The number of hydrogen-bond acceptors (Lipinski definition) is 2. The molecule has 0 radical (unpaired) electrons. The van der Waals surface area contributed by atoms with E-state index in [0.29, 0.717) is 6.04 Å². The van der Waals surface area contributed by atoms with Gasteiger partial charge in [-0.1, -0.05) is 32.6 Å². The number of hydrogen-bond donors (Lipinski definition) is 1. The van der Waals surface area contributed by atoms with Crippen LogP contribution in [0.4, 0.5) is 0 Å². The summed E-state index contributed by atoms with van der Waals surface area (Å²) >= 11 is 0. The third-order valence-electron chi connectivity index (χ3n) is 4.10. The first-order valence-electron chi connectivity index (χ1n) is 7.51. The standard InChI is InChI=1S/C15H27N3/c1-3-4-5-6-7-8-15-17-13-11-12(16)9-10-14(13)18(15)2/h12H,3-11,16H2,1-2H3. The molecule has 0 saturated heterocycles. The second kappa shape index (κ2) is 6.37. The largest absolute Gasteiger partial charge is 0.335 e. The fourth-order valence-corrected chi connectivity index (χ4v) is 2.90. The SMILES string of the molecule is CCCCCCCc1nc2c(n1C)CCC(N)C2. The molecule has 0 saturated carbocycles. The van der Waals surface area contributed by atoms with E-state index in [2.05, 4.69) is 18.5 Å². The molecule has 0 amide bonds. The number of aryl methyl sites for hydroxylation is 1. The minimum Gasteiger partial charge on any atom is -0.335 e. The van der Waals surface area contributed by atoms with Gasteiger partial charge in [-0.15, -0.1) is 0 Å². The van der Waals surface area contributed by atoms with Crippen molar-refractivity contribution >= 4 is 0 Å². The Hall–Kier alpha value is -0.830. The van der Waals surface area contributed by atoms with Crippen LogP contribution in [0.2, 0.25) is 0 Å². The quantitative estimate of drug-likeness (QED) is 0.788. The number of unbranched alkanes of at least 4 members (excludes halogenated alkanes) is 4. The van der Waals surface area contributed by atoms with Gasteiger partial charge in [0, 0.05) is 31.6 Å². The monoisotopic (exact) mass is 249 g/mol. The van der Waals surface area contributed by atoms with Gasteiger partial charge in [0.05, 0.1) is 5.69 Å². The lowest BCUT2D eigenvalue weighted by Gasteiger charge is -2.17. The summed E-state index contributed by atoms with van der Waals surface area (Å²) in [5, 5.41) is 0. The molecule has 1 aromatic rings. The van der Waals surface area contributed by atoms with Crippen LogP contribution in [0.25, 0.3) is 0 Å². The van der Waals surface area contributed by atoms with Crippen LogP contribution in [0.3, 0.4) is 0 Å². The zero-order valence-corrected chi connectivity index (χ0v) is 11.9. The Morgan fingerprint density at radius 2 is 2.06 bits per heavy atom. The number of aromatic nitrogens is 2. The highest BCUT2D eigenvalue weighted by atomic mass is 15.1. The van der Waals surface area contributed by atoms with Crippen molar-refractivity contribution in [2.75, 3.05) is 0 Å². The highest BCUT2D eigenvalue weighted by molar-refractivity contribution is 5.21. The fraction of sp³-hybridized carbons (Fsp3) is 0.800. The summed E-state index contributed by atoms with van der Waals surface area (Å²) in [7, 11) is 2.17. The molecule has 3 nitrogen and oxygen atoms in total. The van der Waals surface area contributed by atoms with Crippen LogP contribution in [0.1, 0.15) is 62.7 Å². The van der Waals surface area contributed by atoms with E-state index < -0.39 is 0 Å². The van der Waals surface area contributed by atoms with E-state index in [9.17, 15) is 0 Å². The summed E-state index contributed by atoms with van der Waals surface area (Å²) in [5.74, 6) is 1.27. The van der Waals surface area contributed by atoms with Crippen LogP contribution in [0.5, 0.6) is 0 Å². The molecule has 2 N–H and O–H groups in total. The fourth-order valence-electron chi connectivity index (χ4n) is 2.90. The Morgan fingerprint density at radius 1 is 1.28 bits per heavy atom. The number of imidazole rings is 1. The molecule has 0 aromatic carbocycles. The van der Waals surface area contributed by atoms with Crippen molar-refractivity contribution in [2.24, 2.45) is 12.8 Å². The molecule has 18 heavy (non-hydrogen) atoms. The average Bonchev–Trinajstić information content (AvgIpc) is 2.65. The highest BCUT2D eigenvalue weighted by Gasteiger charge is 2.21. The molecule has 0 spiro atoms. The predicted octanol–water partition coefficient (Wildman–Crippen LogP) is 2.75.